The third kappa shape index (κ3) is 2.74. The SMILES string of the molecule is Cc1sc2nc(Cl)nc(NC(C)c3ccccc3)c2c1C. The van der Waals surface area contributed by atoms with Gasteiger partial charge in [-0.25, -0.2) is 9.97 Å². The molecule has 1 aromatic carbocycles. The van der Waals surface area contributed by atoms with Crippen LogP contribution in [0.15, 0.2) is 30.3 Å². The molecule has 0 saturated carbocycles. The van der Waals surface area contributed by atoms with Crippen molar-refractivity contribution in [1.82, 2.24) is 9.97 Å². The number of aryl methyl sites for hydroxylation is 2. The second kappa shape index (κ2) is 5.62. The van der Waals surface area contributed by atoms with Crippen molar-refractivity contribution in [3.8, 4) is 0 Å². The Bertz CT molecular complexity index is 783. The molecule has 21 heavy (non-hydrogen) atoms. The molecule has 3 aromatic rings. The summed E-state index contributed by atoms with van der Waals surface area (Å²) >= 11 is 7.71. The van der Waals surface area contributed by atoms with Gasteiger partial charge in [0.05, 0.1) is 5.39 Å². The summed E-state index contributed by atoms with van der Waals surface area (Å²) in [5, 5.41) is 4.82. The van der Waals surface area contributed by atoms with Gasteiger partial charge in [0.2, 0.25) is 5.28 Å². The lowest BCUT2D eigenvalue weighted by Crippen LogP contribution is -2.08. The molecule has 1 atom stereocenters. The van der Waals surface area contributed by atoms with Crippen LogP contribution in [0.5, 0.6) is 0 Å². The number of anilines is 1. The fourth-order valence-electron chi connectivity index (χ4n) is 2.36. The van der Waals surface area contributed by atoms with Crippen LogP contribution in [0.4, 0.5) is 5.82 Å². The van der Waals surface area contributed by atoms with Crippen molar-refractivity contribution in [1.29, 1.82) is 0 Å². The molecule has 5 heteroatoms. The lowest BCUT2D eigenvalue weighted by atomic mass is 10.1. The topological polar surface area (TPSA) is 37.8 Å². The standard InChI is InChI=1S/C16H16ClN3S/c1-9-11(3)21-15-13(9)14(19-16(17)20-15)18-10(2)12-7-5-4-6-8-12/h4-8,10H,1-3H3,(H,18,19,20). The van der Waals surface area contributed by atoms with Crippen molar-refractivity contribution < 1.29 is 0 Å². The van der Waals surface area contributed by atoms with E-state index >= 15 is 0 Å². The number of halogens is 1. The molecular formula is C16H16ClN3S. The second-order valence-electron chi connectivity index (χ2n) is 5.08. The Labute approximate surface area is 133 Å². The molecule has 0 amide bonds. The van der Waals surface area contributed by atoms with E-state index in [1.54, 1.807) is 11.3 Å². The third-order valence-electron chi connectivity index (χ3n) is 3.65. The molecule has 1 unspecified atom stereocenters. The maximum atomic E-state index is 6.06. The highest BCUT2D eigenvalue weighted by molar-refractivity contribution is 7.18. The zero-order valence-electron chi connectivity index (χ0n) is 12.1. The van der Waals surface area contributed by atoms with Crippen molar-refractivity contribution in [2.75, 3.05) is 5.32 Å². The largest absolute Gasteiger partial charge is 0.363 e. The minimum Gasteiger partial charge on any atom is -0.363 e. The Kier molecular flexibility index (Phi) is 3.83. The summed E-state index contributed by atoms with van der Waals surface area (Å²) in [7, 11) is 0. The van der Waals surface area contributed by atoms with Crippen molar-refractivity contribution in [3.63, 3.8) is 0 Å². The van der Waals surface area contributed by atoms with E-state index in [1.165, 1.54) is 16.0 Å². The summed E-state index contributed by atoms with van der Waals surface area (Å²) in [6, 6.07) is 10.4. The summed E-state index contributed by atoms with van der Waals surface area (Å²) < 4.78 is 0. The van der Waals surface area contributed by atoms with Crippen LogP contribution in [-0.2, 0) is 0 Å². The normalized spacial score (nSPS) is 12.6. The molecule has 0 aliphatic carbocycles. The number of nitrogens with one attached hydrogen (secondary N) is 1. The average molecular weight is 318 g/mol. The molecule has 108 valence electrons. The van der Waals surface area contributed by atoms with Gasteiger partial charge in [0.25, 0.3) is 0 Å². The van der Waals surface area contributed by atoms with Gasteiger partial charge in [0, 0.05) is 10.9 Å². The van der Waals surface area contributed by atoms with Gasteiger partial charge in [-0.3, -0.25) is 0 Å². The number of hydrogen-bond donors (Lipinski definition) is 1. The first-order valence-corrected chi connectivity index (χ1v) is 8.00. The molecule has 0 saturated heterocycles. The molecule has 0 aliphatic rings. The minimum atomic E-state index is 0.153. The summed E-state index contributed by atoms with van der Waals surface area (Å²) in [4.78, 5) is 10.9. The van der Waals surface area contributed by atoms with Crippen LogP contribution in [0.3, 0.4) is 0 Å². The highest BCUT2D eigenvalue weighted by Crippen LogP contribution is 2.35. The Hall–Kier alpha value is -1.65. The van der Waals surface area contributed by atoms with Gasteiger partial charge in [0.15, 0.2) is 0 Å². The van der Waals surface area contributed by atoms with E-state index in [-0.39, 0.29) is 11.3 Å². The highest BCUT2D eigenvalue weighted by atomic mass is 35.5. The maximum absolute atomic E-state index is 6.06. The molecule has 2 aromatic heterocycles. The van der Waals surface area contributed by atoms with Crippen LogP contribution >= 0.6 is 22.9 Å². The number of fused-ring (bicyclic) bond motifs is 1. The number of nitrogens with zero attached hydrogens (tertiary/aromatic N) is 2. The molecule has 0 aliphatic heterocycles. The monoisotopic (exact) mass is 317 g/mol. The molecular weight excluding hydrogens is 302 g/mol. The van der Waals surface area contributed by atoms with E-state index in [0.29, 0.717) is 0 Å². The summed E-state index contributed by atoms with van der Waals surface area (Å²) in [6.07, 6.45) is 0. The molecule has 0 spiro atoms. The lowest BCUT2D eigenvalue weighted by molar-refractivity contribution is 0.876. The van der Waals surface area contributed by atoms with Gasteiger partial charge in [-0.2, -0.15) is 0 Å². The predicted molar refractivity (Wildman–Crippen MR) is 90.4 cm³/mol. The Morgan fingerprint density at radius 2 is 1.86 bits per heavy atom. The lowest BCUT2D eigenvalue weighted by Gasteiger charge is -2.16. The van der Waals surface area contributed by atoms with Gasteiger partial charge < -0.3 is 5.32 Å². The Balaban J connectivity index is 2.04. The molecule has 3 nitrogen and oxygen atoms in total. The molecule has 0 fully saturated rings. The van der Waals surface area contributed by atoms with E-state index in [0.717, 1.165) is 16.0 Å². The first kappa shape index (κ1) is 14.3. The number of rotatable bonds is 3. The molecule has 0 radical (unpaired) electrons. The highest BCUT2D eigenvalue weighted by Gasteiger charge is 2.16. The van der Waals surface area contributed by atoms with E-state index < -0.39 is 0 Å². The van der Waals surface area contributed by atoms with Gasteiger partial charge in [-0.15, -0.1) is 11.3 Å². The maximum Gasteiger partial charge on any atom is 0.225 e. The van der Waals surface area contributed by atoms with Gasteiger partial charge >= 0.3 is 0 Å². The van der Waals surface area contributed by atoms with E-state index in [1.807, 2.05) is 18.2 Å². The summed E-state index contributed by atoms with van der Waals surface area (Å²) in [5.74, 6) is 0.809. The quantitative estimate of drug-likeness (QED) is 0.680. The fraction of sp³-hybridized carbons (Fsp3) is 0.250. The van der Waals surface area contributed by atoms with E-state index in [2.05, 4.69) is 48.2 Å². The number of hydrogen-bond acceptors (Lipinski definition) is 4. The van der Waals surface area contributed by atoms with Crippen LogP contribution < -0.4 is 5.32 Å². The fourth-order valence-corrected chi connectivity index (χ4v) is 3.61. The number of benzene rings is 1. The predicted octanol–water partition coefficient (Wildman–Crippen LogP) is 5.13. The Morgan fingerprint density at radius 1 is 1.14 bits per heavy atom. The summed E-state index contributed by atoms with van der Waals surface area (Å²) in [5.41, 5.74) is 2.43. The molecule has 3 rings (SSSR count). The third-order valence-corrected chi connectivity index (χ3v) is 4.92. The van der Waals surface area contributed by atoms with Crippen molar-refractivity contribution >= 4 is 39.0 Å². The zero-order valence-corrected chi connectivity index (χ0v) is 13.7. The number of aromatic nitrogens is 2. The van der Waals surface area contributed by atoms with Crippen molar-refractivity contribution in [2.24, 2.45) is 0 Å². The second-order valence-corrected chi connectivity index (χ2v) is 6.62. The van der Waals surface area contributed by atoms with Crippen molar-refractivity contribution in [2.45, 2.75) is 26.8 Å². The van der Waals surface area contributed by atoms with E-state index in [4.69, 9.17) is 11.6 Å². The zero-order chi connectivity index (χ0) is 15.0. The molecule has 1 N–H and O–H groups in total. The van der Waals surface area contributed by atoms with E-state index in [9.17, 15) is 0 Å². The molecule has 0 bridgehead atoms. The van der Waals surface area contributed by atoms with Crippen LogP contribution in [0.2, 0.25) is 5.28 Å². The average Bonchev–Trinajstić information content (AvgIpc) is 2.74. The van der Waals surface area contributed by atoms with Crippen LogP contribution in [0, 0.1) is 13.8 Å². The van der Waals surface area contributed by atoms with Crippen LogP contribution in [0.1, 0.15) is 29.0 Å². The van der Waals surface area contributed by atoms with Crippen molar-refractivity contribution in [3.05, 3.63) is 51.6 Å². The Morgan fingerprint density at radius 3 is 2.57 bits per heavy atom. The van der Waals surface area contributed by atoms with Gasteiger partial charge in [-0.1, -0.05) is 30.3 Å². The molecule has 2 heterocycles. The first-order chi connectivity index (χ1) is 10.1. The van der Waals surface area contributed by atoms with Gasteiger partial charge in [-0.05, 0) is 43.5 Å². The summed E-state index contributed by atoms with van der Waals surface area (Å²) in [6.45, 7) is 6.32. The van der Waals surface area contributed by atoms with Crippen LogP contribution in [-0.4, -0.2) is 9.97 Å². The van der Waals surface area contributed by atoms with Gasteiger partial charge in [0.1, 0.15) is 10.6 Å². The smallest absolute Gasteiger partial charge is 0.225 e. The number of thiophene rings is 1. The minimum absolute atomic E-state index is 0.153. The van der Waals surface area contributed by atoms with Crippen LogP contribution in [0.25, 0.3) is 10.2 Å². The first-order valence-electron chi connectivity index (χ1n) is 6.81.